The molecule has 1 atom stereocenters. The molecular weight excluding hydrogens is 401 g/mol. The van der Waals surface area contributed by atoms with Gasteiger partial charge in [-0.05, 0) is 18.2 Å². The quantitative estimate of drug-likeness (QED) is 0.651. The first-order valence-corrected chi connectivity index (χ1v) is 9.23. The summed E-state index contributed by atoms with van der Waals surface area (Å²) in [7, 11) is 0. The highest BCUT2D eigenvalue weighted by atomic mass is 19.4. The molecule has 0 spiro atoms. The molecule has 0 bridgehead atoms. The molecule has 4 rings (SSSR count). The number of nitrogens with zero attached hydrogens (tertiary/aromatic N) is 4. The highest BCUT2D eigenvalue weighted by Crippen LogP contribution is 2.31. The van der Waals surface area contributed by atoms with E-state index in [9.17, 15) is 22.8 Å². The Hall–Kier alpha value is -3.43. The number of halogens is 3. The molecule has 1 aliphatic heterocycles. The van der Waals surface area contributed by atoms with E-state index in [-0.39, 0.29) is 30.4 Å². The van der Waals surface area contributed by atoms with Gasteiger partial charge in [-0.1, -0.05) is 12.1 Å². The van der Waals surface area contributed by atoms with Crippen molar-refractivity contribution in [3.8, 4) is 5.88 Å². The van der Waals surface area contributed by atoms with Gasteiger partial charge in [-0.2, -0.15) is 13.2 Å². The molecule has 1 amide bonds. The van der Waals surface area contributed by atoms with Gasteiger partial charge >= 0.3 is 6.18 Å². The van der Waals surface area contributed by atoms with Crippen LogP contribution in [-0.2, 0) is 17.5 Å². The summed E-state index contributed by atoms with van der Waals surface area (Å²) in [5, 5.41) is 0.422. The lowest BCUT2D eigenvalue weighted by Crippen LogP contribution is -2.36. The Balaban J connectivity index is 1.41. The fourth-order valence-corrected chi connectivity index (χ4v) is 3.34. The van der Waals surface area contributed by atoms with E-state index < -0.39 is 17.8 Å². The molecule has 3 aromatic rings. The zero-order valence-corrected chi connectivity index (χ0v) is 15.7. The number of amides is 1. The van der Waals surface area contributed by atoms with Gasteiger partial charge in [-0.3, -0.25) is 14.2 Å². The van der Waals surface area contributed by atoms with Crippen molar-refractivity contribution >= 4 is 16.8 Å². The second-order valence-electron chi connectivity index (χ2n) is 6.94. The molecule has 0 N–H and O–H groups in total. The van der Waals surface area contributed by atoms with E-state index >= 15 is 0 Å². The molecule has 7 nitrogen and oxygen atoms in total. The molecule has 0 aliphatic carbocycles. The second kappa shape index (κ2) is 7.77. The number of alkyl halides is 3. The fraction of sp³-hybridized carbons (Fsp3) is 0.300. The Kier molecular flexibility index (Phi) is 5.15. The van der Waals surface area contributed by atoms with Crippen LogP contribution in [0.2, 0.25) is 0 Å². The van der Waals surface area contributed by atoms with Crippen molar-refractivity contribution in [2.75, 3.05) is 13.1 Å². The fourth-order valence-electron chi connectivity index (χ4n) is 3.34. The largest absolute Gasteiger partial charge is 0.472 e. The standard InChI is InChI=1S/C20H17F3N4O3/c21-20(22,23)13-5-7-24-17(9-13)30-14-6-8-26(10-14)18(28)11-27-12-25-16-4-2-1-3-15(16)19(27)29/h1-5,7,9,12,14H,6,8,10-11H2/t14-/m0/s1. The lowest BCUT2D eigenvalue weighted by atomic mass is 10.2. The molecule has 30 heavy (non-hydrogen) atoms. The van der Waals surface area contributed by atoms with E-state index in [1.54, 1.807) is 24.3 Å². The molecule has 1 aromatic carbocycles. The lowest BCUT2D eigenvalue weighted by molar-refractivity contribution is -0.137. The van der Waals surface area contributed by atoms with Crippen LogP contribution in [0.4, 0.5) is 13.2 Å². The van der Waals surface area contributed by atoms with Gasteiger partial charge in [0.2, 0.25) is 11.8 Å². The molecule has 1 fully saturated rings. The van der Waals surface area contributed by atoms with Crippen molar-refractivity contribution in [1.29, 1.82) is 0 Å². The minimum atomic E-state index is -4.49. The van der Waals surface area contributed by atoms with Crippen LogP contribution in [0.5, 0.6) is 5.88 Å². The minimum absolute atomic E-state index is 0.140. The van der Waals surface area contributed by atoms with Crippen molar-refractivity contribution in [3.05, 3.63) is 64.8 Å². The van der Waals surface area contributed by atoms with Crippen molar-refractivity contribution < 1.29 is 22.7 Å². The Morgan fingerprint density at radius 1 is 1.20 bits per heavy atom. The van der Waals surface area contributed by atoms with Gasteiger partial charge in [0.15, 0.2) is 0 Å². The third kappa shape index (κ3) is 4.12. The maximum Gasteiger partial charge on any atom is 0.416 e. The van der Waals surface area contributed by atoms with Crippen molar-refractivity contribution in [2.24, 2.45) is 0 Å². The van der Waals surface area contributed by atoms with Crippen molar-refractivity contribution in [1.82, 2.24) is 19.4 Å². The predicted molar refractivity (Wildman–Crippen MR) is 101 cm³/mol. The second-order valence-corrected chi connectivity index (χ2v) is 6.94. The number of pyridine rings is 1. The number of aromatic nitrogens is 3. The van der Waals surface area contributed by atoms with E-state index in [1.807, 2.05) is 0 Å². The Morgan fingerprint density at radius 2 is 2.00 bits per heavy atom. The average molecular weight is 418 g/mol. The third-order valence-corrected chi connectivity index (χ3v) is 4.88. The summed E-state index contributed by atoms with van der Waals surface area (Å²) in [4.78, 5) is 34.6. The number of carbonyl (C=O) groups is 1. The number of likely N-dealkylation sites (tertiary alicyclic amines) is 1. The van der Waals surface area contributed by atoms with Gasteiger partial charge < -0.3 is 9.64 Å². The van der Waals surface area contributed by atoms with Crippen LogP contribution in [0.1, 0.15) is 12.0 Å². The molecule has 2 aromatic heterocycles. The van der Waals surface area contributed by atoms with Gasteiger partial charge in [-0.25, -0.2) is 9.97 Å². The lowest BCUT2D eigenvalue weighted by Gasteiger charge is -2.18. The minimum Gasteiger partial charge on any atom is -0.472 e. The third-order valence-electron chi connectivity index (χ3n) is 4.88. The number of rotatable bonds is 4. The highest BCUT2D eigenvalue weighted by molar-refractivity contribution is 5.79. The van der Waals surface area contributed by atoms with Crippen LogP contribution < -0.4 is 10.3 Å². The van der Waals surface area contributed by atoms with Crippen LogP contribution in [-0.4, -0.2) is 44.5 Å². The zero-order valence-electron chi connectivity index (χ0n) is 15.7. The maximum absolute atomic E-state index is 12.8. The summed E-state index contributed by atoms with van der Waals surface area (Å²) in [5.74, 6) is -0.434. The van der Waals surface area contributed by atoms with E-state index in [2.05, 4.69) is 9.97 Å². The first-order valence-electron chi connectivity index (χ1n) is 9.23. The van der Waals surface area contributed by atoms with Crippen molar-refractivity contribution in [3.63, 3.8) is 0 Å². The molecular formula is C20H17F3N4O3. The smallest absolute Gasteiger partial charge is 0.416 e. The van der Waals surface area contributed by atoms with Crippen LogP contribution in [0.3, 0.4) is 0 Å². The number of para-hydroxylation sites is 1. The van der Waals surface area contributed by atoms with Crippen LogP contribution in [0, 0.1) is 0 Å². The van der Waals surface area contributed by atoms with Gasteiger partial charge in [0.1, 0.15) is 12.6 Å². The Bertz CT molecular complexity index is 1150. The molecule has 1 saturated heterocycles. The van der Waals surface area contributed by atoms with Crippen molar-refractivity contribution in [2.45, 2.75) is 25.2 Å². The number of hydrogen-bond donors (Lipinski definition) is 0. The van der Waals surface area contributed by atoms with Gasteiger partial charge in [0.05, 0.1) is 29.3 Å². The first-order chi connectivity index (χ1) is 14.3. The Labute approximate surface area is 168 Å². The first kappa shape index (κ1) is 19.9. The number of carbonyl (C=O) groups excluding carboxylic acids is 1. The molecule has 0 saturated carbocycles. The number of ether oxygens (including phenoxy) is 1. The summed E-state index contributed by atoms with van der Waals surface area (Å²) in [6.45, 7) is 0.399. The van der Waals surface area contributed by atoms with Gasteiger partial charge in [0.25, 0.3) is 5.56 Å². The van der Waals surface area contributed by atoms with Crippen LogP contribution in [0.15, 0.2) is 53.7 Å². The summed E-state index contributed by atoms with van der Waals surface area (Å²) in [6.07, 6.45) is -2.14. The molecule has 0 radical (unpaired) electrons. The van der Waals surface area contributed by atoms with Crippen LogP contribution in [0.25, 0.3) is 10.9 Å². The normalized spacial score (nSPS) is 16.8. The summed E-state index contributed by atoms with van der Waals surface area (Å²) >= 11 is 0. The monoisotopic (exact) mass is 418 g/mol. The summed E-state index contributed by atoms with van der Waals surface area (Å²) in [5.41, 5.74) is -0.606. The number of fused-ring (bicyclic) bond motifs is 1. The average Bonchev–Trinajstić information content (AvgIpc) is 3.18. The topological polar surface area (TPSA) is 77.3 Å². The SMILES string of the molecule is O=C(Cn1cnc2ccccc2c1=O)N1CC[C@H](Oc2cc(C(F)(F)F)ccn2)C1. The van der Waals surface area contributed by atoms with Crippen LogP contribution >= 0.6 is 0 Å². The molecule has 1 aliphatic rings. The van der Waals surface area contributed by atoms with Gasteiger partial charge in [0, 0.05) is 25.2 Å². The molecule has 3 heterocycles. The van der Waals surface area contributed by atoms with E-state index in [0.29, 0.717) is 23.9 Å². The predicted octanol–water partition coefficient (Wildman–Crippen LogP) is 2.49. The number of benzene rings is 1. The molecule has 156 valence electrons. The summed E-state index contributed by atoms with van der Waals surface area (Å²) < 4.78 is 45.2. The van der Waals surface area contributed by atoms with E-state index in [0.717, 1.165) is 18.3 Å². The number of hydrogen-bond acceptors (Lipinski definition) is 5. The summed E-state index contributed by atoms with van der Waals surface area (Å²) in [6, 6.07) is 8.56. The van der Waals surface area contributed by atoms with Gasteiger partial charge in [-0.15, -0.1) is 0 Å². The highest BCUT2D eigenvalue weighted by Gasteiger charge is 2.32. The van der Waals surface area contributed by atoms with E-state index in [1.165, 1.54) is 15.8 Å². The molecule has 0 unspecified atom stereocenters. The molecule has 10 heteroatoms. The van der Waals surface area contributed by atoms with E-state index in [4.69, 9.17) is 4.74 Å². The Morgan fingerprint density at radius 3 is 2.80 bits per heavy atom. The zero-order chi connectivity index (χ0) is 21.3. The maximum atomic E-state index is 12.8.